The van der Waals surface area contributed by atoms with Gasteiger partial charge in [0.15, 0.2) is 0 Å². The molecule has 1 aromatic rings. The summed E-state index contributed by atoms with van der Waals surface area (Å²) in [5, 5.41) is 0.168. The Labute approximate surface area is 93.7 Å². The van der Waals surface area contributed by atoms with E-state index in [-0.39, 0.29) is 11.2 Å². The normalized spacial score (nSPS) is 17.5. The summed E-state index contributed by atoms with van der Waals surface area (Å²) in [6.07, 6.45) is 4.88. The third kappa shape index (κ3) is 2.68. The Morgan fingerprint density at radius 1 is 1.00 bits per heavy atom. The van der Waals surface area contributed by atoms with Crippen molar-refractivity contribution < 1.29 is 0 Å². The Morgan fingerprint density at radius 2 is 1.67 bits per heavy atom. The first-order chi connectivity index (χ1) is 7.25. The summed E-state index contributed by atoms with van der Waals surface area (Å²) < 4.78 is 0. The average Bonchev–Trinajstić information content (AvgIpc) is 2.43. The number of nitrogen functional groups attached to an aromatic ring is 1. The second-order valence-corrected chi connectivity index (χ2v) is 4.00. The Morgan fingerprint density at radius 3 is 2.27 bits per heavy atom. The lowest BCUT2D eigenvalue weighted by molar-refractivity contribution is 0.726. The van der Waals surface area contributed by atoms with Crippen LogP contribution >= 0.6 is 11.6 Å². The molecule has 15 heavy (non-hydrogen) atoms. The molecular formula is C9H14ClN5. The van der Waals surface area contributed by atoms with Gasteiger partial charge in [0.2, 0.25) is 17.2 Å². The average molecular weight is 228 g/mol. The molecule has 0 saturated carbocycles. The lowest BCUT2D eigenvalue weighted by atomic mass is 10.2. The topological polar surface area (TPSA) is 67.9 Å². The molecule has 0 aliphatic carbocycles. The van der Waals surface area contributed by atoms with Crippen LogP contribution < -0.4 is 10.6 Å². The van der Waals surface area contributed by atoms with Gasteiger partial charge in [-0.15, -0.1) is 0 Å². The largest absolute Gasteiger partial charge is 0.368 e. The molecule has 0 atom stereocenters. The molecule has 0 unspecified atom stereocenters. The minimum Gasteiger partial charge on any atom is -0.368 e. The number of hydrogen-bond donors (Lipinski definition) is 1. The number of hydrogen-bond acceptors (Lipinski definition) is 5. The molecule has 6 heteroatoms. The van der Waals surface area contributed by atoms with Gasteiger partial charge in [-0.25, -0.2) is 0 Å². The Kier molecular flexibility index (Phi) is 3.20. The molecule has 82 valence electrons. The number of aromatic nitrogens is 3. The van der Waals surface area contributed by atoms with Gasteiger partial charge >= 0.3 is 0 Å². The zero-order valence-electron chi connectivity index (χ0n) is 8.49. The molecule has 5 nitrogen and oxygen atoms in total. The van der Waals surface area contributed by atoms with Crippen LogP contribution in [0.2, 0.25) is 5.28 Å². The maximum Gasteiger partial charge on any atom is 0.231 e. The van der Waals surface area contributed by atoms with E-state index in [2.05, 4.69) is 19.9 Å². The minimum absolute atomic E-state index is 0.168. The second-order valence-electron chi connectivity index (χ2n) is 3.66. The Bertz CT molecular complexity index is 315. The molecule has 1 aliphatic rings. The molecule has 0 bridgehead atoms. The zero-order valence-corrected chi connectivity index (χ0v) is 9.24. The lowest BCUT2D eigenvalue weighted by Crippen LogP contribution is -2.26. The predicted octanol–water partition coefficient (Wildman–Crippen LogP) is 1.49. The first-order valence-corrected chi connectivity index (χ1v) is 5.55. The van der Waals surface area contributed by atoms with Crippen LogP contribution in [-0.2, 0) is 0 Å². The highest BCUT2D eigenvalue weighted by Crippen LogP contribution is 2.17. The first-order valence-electron chi connectivity index (χ1n) is 5.18. The number of nitrogens with zero attached hydrogens (tertiary/aromatic N) is 4. The van der Waals surface area contributed by atoms with Crippen LogP contribution in [0.25, 0.3) is 0 Å². The van der Waals surface area contributed by atoms with Gasteiger partial charge in [0.05, 0.1) is 0 Å². The molecule has 2 rings (SSSR count). The van der Waals surface area contributed by atoms with Crippen LogP contribution in [0, 0.1) is 0 Å². The second kappa shape index (κ2) is 4.61. The third-order valence-corrected chi connectivity index (χ3v) is 2.67. The van der Waals surface area contributed by atoms with Gasteiger partial charge in [-0.05, 0) is 24.4 Å². The van der Waals surface area contributed by atoms with Crippen molar-refractivity contribution in [3.05, 3.63) is 5.28 Å². The molecule has 1 fully saturated rings. The van der Waals surface area contributed by atoms with Crippen molar-refractivity contribution in [3.63, 3.8) is 0 Å². The fraction of sp³-hybridized carbons (Fsp3) is 0.667. The highest BCUT2D eigenvalue weighted by atomic mass is 35.5. The van der Waals surface area contributed by atoms with Crippen molar-refractivity contribution in [2.75, 3.05) is 23.7 Å². The summed E-state index contributed by atoms with van der Waals surface area (Å²) in [5.74, 6) is 0.795. The van der Waals surface area contributed by atoms with Crippen LogP contribution in [0.3, 0.4) is 0 Å². The summed E-state index contributed by atoms with van der Waals surface area (Å²) in [6, 6.07) is 0. The maximum atomic E-state index is 5.74. The summed E-state index contributed by atoms with van der Waals surface area (Å²) in [7, 11) is 0. The summed E-state index contributed by atoms with van der Waals surface area (Å²) in [6.45, 7) is 1.94. The van der Waals surface area contributed by atoms with Crippen LogP contribution in [0.4, 0.5) is 11.9 Å². The molecule has 1 saturated heterocycles. The van der Waals surface area contributed by atoms with Crippen LogP contribution in [0.15, 0.2) is 0 Å². The fourth-order valence-electron chi connectivity index (χ4n) is 1.77. The molecule has 0 radical (unpaired) electrons. The molecule has 0 spiro atoms. The van der Waals surface area contributed by atoms with Gasteiger partial charge in [-0.2, -0.15) is 15.0 Å². The zero-order chi connectivity index (χ0) is 10.7. The highest BCUT2D eigenvalue weighted by molar-refractivity contribution is 6.28. The predicted molar refractivity (Wildman–Crippen MR) is 59.9 cm³/mol. The van der Waals surface area contributed by atoms with Gasteiger partial charge in [0, 0.05) is 13.1 Å². The van der Waals surface area contributed by atoms with E-state index in [1.165, 1.54) is 25.7 Å². The van der Waals surface area contributed by atoms with Crippen LogP contribution in [0.1, 0.15) is 25.7 Å². The summed E-state index contributed by atoms with van der Waals surface area (Å²) in [4.78, 5) is 14.1. The molecular weight excluding hydrogens is 214 g/mol. The van der Waals surface area contributed by atoms with E-state index in [4.69, 9.17) is 17.3 Å². The quantitative estimate of drug-likeness (QED) is 0.787. The monoisotopic (exact) mass is 227 g/mol. The van der Waals surface area contributed by atoms with E-state index >= 15 is 0 Å². The molecule has 0 amide bonds. The molecule has 0 aromatic carbocycles. The molecule has 1 aliphatic heterocycles. The van der Waals surface area contributed by atoms with Gasteiger partial charge in [-0.1, -0.05) is 12.8 Å². The Balaban J connectivity index is 2.19. The van der Waals surface area contributed by atoms with Crippen molar-refractivity contribution in [1.29, 1.82) is 0 Å². The Hall–Kier alpha value is -1.10. The molecule has 2 N–H and O–H groups in total. The molecule has 1 aromatic heterocycles. The van der Waals surface area contributed by atoms with E-state index < -0.39 is 0 Å². The fourth-order valence-corrected chi connectivity index (χ4v) is 1.93. The van der Waals surface area contributed by atoms with Gasteiger partial charge in [0.1, 0.15) is 0 Å². The van der Waals surface area contributed by atoms with Crippen LogP contribution in [0.5, 0.6) is 0 Å². The van der Waals surface area contributed by atoms with Gasteiger partial charge < -0.3 is 10.6 Å². The van der Waals surface area contributed by atoms with Crippen molar-refractivity contribution in [3.8, 4) is 0 Å². The van der Waals surface area contributed by atoms with Crippen molar-refractivity contribution in [2.45, 2.75) is 25.7 Å². The number of halogens is 1. The van der Waals surface area contributed by atoms with Gasteiger partial charge in [-0.3, -0.25) is 0 Å². The lowest BCUT2D eigenvalue weighted by Gasteiger charge is -2.19. The molecule has 2 heterocycles. The minimum atomic E-state index is 0.168. The number of rotatable bonds is 1. The van der Waals surface area contributed by atoms with Crippen molar-refractivity contribution in [2.24, 2.45) is 0 Å². The van der Waals surface area contributed by atoms with E-state index in [1.54, 1.807) is 0 Å². The van der Waals surface area contributed by atoms with E-state index in [9.17, 15) is 0 Å². The van der Waals surface area contributed by atoms with Crippen molar-refractivity contribution >= 4 is 23.5 Å². The van der Waals surface area contributed by atoms with E-state index in [0.717, 1.165) is 13.1 Å². The van der Waals surface area contributed by atoms with Gasteiger partial charge in [0.25, 0.3) is 0 Å². The van der Waals surface area contributed by atoms with E-state index in [0.29, 0.717) is 5.95 Å². The SMILES string of the molecule is Nc1nc(Cl)nc(N2CCCCCC2)n1. The first kappa shape index (κ1) is 10.4. The maximum absolute atomic E-state index is 5.74. The highest BCUT2D eigenvalue weighted by Gasteiger charge is 2.13. The third-order valence-electron chi connectivity index (χ3n) is 2.50. The van der Waals surface area contributed by atoms with Crippen molar-refractivity contribution in [1.82, 2.24) is 15.0 Å². The number of nitrogens with two attached hydrogens (primary N) is 1. The summed E-state index contributed by atoms with van der Waals surface area (Å²) in [5.41, 5.74) is 5.53. The van der Waals surface area contributed by atoms with Crippen LogP contribution in [-0.4, -0.2) is 28.0 Å². The van der Waals surface area contributed by atoms with E-state index in [1.807, 2.05) is 0 Å². The summed E-state index contributed by atoms with van der Waals surface area (Å²) >= 11 is 5.74. The smallest absolute Gasteiger partial charge is 0.231 e. The number of anilines is 2. The standard InChI is InChI=1S/C9H14ClN5/c10-7-12-8(11)14-9(13-7)15-5-3-1-2-4-6-15/h1-6H2,(H2,11,12,13,14).